The molecule has 0 aromatic carbocycles. The first kappa shape index (κ1) is 15.3. The normalized spacial score (nSPS) is 18.4. The highest BCUT2D eigenvalue weighted by atomic mass is 16.2. The van der Waals surface area contributed by atoms with Gasteiger partial charge in [0, 0.05) is 26.3 Å². The van der Waals surface area contributed by atoms with E-state index in [9.17, 15) is 14.4 Å². The molecule has 0 spiro atoms. The molecule has 2 rings (SSSR count). The number of aromatic nitrogens is 1. The summed E-state index contributed by atoms with van der Waals surface area (Å²) in [4.78, 5) is 38.3. The lowest BCUT2D eigenvalue weighted by Crippen LogP contribution is -2.52. The Morgan fingerprint density at radius 1 is 1.29 bits per heavy atom. The van der Waals surface area contributed by atoms with Crippen LogP contribution in [0.1, 0.15) is 35.3 Å². The molecule has 2 amide bonds. The summed E-state index contributed by atoms with van der Waals surface area (Å²) in [5, 5.41) is 2.59. The van der Waals surface area contributed by atoms with E-state index in [0.29, 0.717) is 13.0 Å². The van der Waals surface area contributed by atoms with Gasteiger partial charge in [-0.05, 0) is 38.3 Å². The van der Waals surface area contributed by atoms with Crippen molar-refractivity contribution in [2.75, 3.05) is 13.6 Å². The maximum Gasteiger partial charge on any atom is 0.263 e. The zero-order chi connectivity index (χ0) is 15.6. The van der Waals surface area contributed by atoms with Crippen LogP contribution in [-0.4, -0.2) is 40.9 Å². The number of aryl methyl sites for hydroxylation is 1. The summed E-state index contributed by atoms with van der Waals surface area (Å²) in [6.45, 7) is 2.32. The van der Waals surface area contributed by atoms with Crippen molar-refractivity contribution in [1.29, 1.82) is 0 Å². The van der Waals surface area contributed by atoms with Gasteiger partial charge in [0.15, 0.2) is 0 Å². The number of likely N-dealkylation sites (N-methyl/N-ethyl adjacent to an activating group) is 1. The summed E-state index contributed by atoms with van der Waals surface area (Å²) in [5.41, 5.74) is 0.596. The van der Waals surface area contributed by atoms with Gasteiger partial charge in [0.25, 0.3) is 11.5 Å². The van der Waals surface area contributed by atoms with Crippen molar-refractivity contribution >= 4 is 11.8 Å². The highest BCUT2D eigenvalue weighted by Crippen LogP contribution is 2.19. The topological polar surface area (TPSA) is 71.4 Å². The van der Waals surface area contributed by atoms with E-state index in [0.717, 1.165) is 18.5 Å². The summed E-state index contributed by atoms with van der Waals surface area (Å²) in [6.07, 6.45) is 2.40. The van der Waals surface area contributed by atoms with Crippen LogP contribution in [0.25, 0.3) is 0 Å². The summed E-state index contributed by atoms with van der Waals surface area (Å²) in [7, 11) is 3.20. The summed E-state index contributed by atoms with van der Waals surface area (Å²) in [6, 6.07) is 2.81. The second-order valence-electron chi connectivity index (χ2n) is 5.38. The summed E-state index contributed by atoms with van der Waals surface area (Å²) < 4.78 is 1.45. The van der Waals surface area contributed by atoms with Crippen LogP contribution in [0.4, 0.5) is 0 Å². The third-order valence-corrected chi connectivity index (χ3v) is 4.10. The lowest BCUT2D eigenvalue weighted by molar-refractivity contribution is -0.126. The van der Waals surface area contributed by atoms with Crippen molar-refractivity contribution in [2.24, 2.45) is 7.05 Å². The summed E-state index contributed by atoms with van der Waals surface area (Å²) in [5.74, 6) is -0.532. The van der Waals surface area contributed by atoms with Crippen LogP contribution < -0.4 is 10.9 Å². The summed E-state index contributed by atoms with van der Waals surface area (Å²) >= 11 is 0. The predicted octanol–water partition coefficient (Wildman–Crippen LogP) is 0.434. The van der Waals surface area contributed by atoms with Crippen molar-refractivity contribution < 1.29 is 9.59 Å². The zero-order valence-corrected chi connectivity index (χ0v) is 12.7. The number of hydrogen-bond acceptors (Lipinski definition) is 3. The van der Waals surface area contributed by atoms with Gasteiger partial charge in [0.2, 0.25) is 5.91 Å². The van der Waals surface area contributed by atoms with E-state index < -0.39 is 6.04 Å². The monoisotopic (exact) mass is 291 g/mol. The van der Waals surface area contributed by atoms with Crippen LogP contribution in [0, 0.1) is 6.92 Å². The Labute approximate surface area is 123 Å². The first-order valence-electron chi connectivity index (χ1n) is 7.16. The van der Waals surface area contributed by atoms with Crippen molar-refractivity contribution in [3.05, 3.63) is 33.7 Å². The molecule has 114 valence electrons. The van der Waals surface area contributed by atoms with Crippen molar-refractivity contribution in [3.63, 3.8) is 0 Å². The van der Waals surface area contributed by atoms with Crippen LogP contribution >= 0.6 is 0 Å². The van der Waals surface area contributed by atoms with Crippen molar-refractivity contribution in [3.8, 4) is 0 Å². The molecule has 1 aliphatic heterocycles. The third-order valence-electron chi connectivity index (χ3n) is 4.10. The molecule has 1 aromatic heterocycles. The minimum atomic E-state index is -0.484. The lowest BCUT2D eigenvalue weighted by atomic mass is 10.00. The molecular formula is C15H21N3O3. The van der Waals surface area contributed by atoms with Crippen LogP contribution in [0.5, 0.6) is 0 Å². The first-order valence-corrected chi connectivity index (χ1v) is 7.16. The number of piperidine rings is 1. The fraction of sp³-hybridized carbons (Fsp3) is 0.533. The van der Waals surface area contributed by atoms with Gasteiger partial charge in [-0.2, -0.15) is 0 Å². The van der Waals surface area contributed by atoms with Crippen LogP contribution in [0.2, 0.25) is 0 Å². The molecule has 1 aliphatic rings. The number of hydrogen-bond donors (Lipinski definition) is 1. The minimum absolute atomic E-state index is 0.124. The maximum absolute atomic E-state index is 12.6. The lowest BCUT2D eigenvalue weighted by Gasteiger charge is -2.34. The molecule has 1 fully saturated rings. The van der Waals surface area contributed by atoms with E-state index in [2.05, 4.69) is 5.32 Å². The molecule has 1 N–H and O–H groups in total. The Bertz CT molecular complexity index is 621. The maximum atomic E-state index is 12.6. The number of nitrogens with zero attached hydrogens (tertiary/aromatic N) is 2. The van der Waals surface area contributed by atoms with E-state index in [1.807, 2.05) is 6.92 Å². The van der Waals surface area contributed by atoms with E-state index >= 15 is 0 Å². The number of rotatable bonds is 2. The van der Waals surface area contributed by atoms with Crippen LogP contribution in [0.3, 0.4) is 0 Å². The van der Waals surface area contributed by atoms with Gasteiger partial charge in [0.05, 0.1) is 0 Å². The molecule has 1 atom stereocenters. The largest absolute Gasteiger partial charge is 0.357 e. The minimum Gasteiger partial charge on any atom is -0.357 e. The number of carbonyl (C=O) groups excluding carboxylic acids is 2. The molecule has 1 aromatic rings. The number of nitrogens with one attached hydrogen (secondary N) is 1. The molecule has 1 saturated heterocycles. The third kappa shape index (κ3) is 2.84. The number of amides is 2. The smallest absolute Gasteiger partial charge is 0.263 e. The molecule has 21 heavy (non-hydrogen) atoms. The van der Waals surface area contributed by atoms with Crippen molar-refractivity contribution in [1.82, 2.24) is 14.8 Å². The fourth-order valence-corrected chi connectivity index (χ4v) is 2.66. The van der Waals surface area contributed by atoms with Gasteiger partial charge in [-0.15, -0.1) is 0 Å². The van der Waals surface area contributed by atoms with E-state index in [1.54, 1.807) is 26.2 Å². The molecule has 0 unspecified atom stereocenters. The van der Waals surface area contributed by atoms with Crippen LogP contribution in [0.15, 0.2) is 16.9 Å². The molecule has 0 aliphatic carbocycles. The van der Waals surface area contributed by atoms with Crippen molar-refractivity contribution in [2.45, 2.75) is 32.2 Å². The molecule has 6 nitrogen and oxygen atoms in total. The fourth-order valence-electron chi connectivity index (χ4n) is 2.66. The van der Waals surface area contributed by atoms with Crippen LogP contribution in [-0.2, 0) is 11.8 Å². The predicted molar refractivity (Wildman–Crippen MR) is 79.2 cm³/mol. The molecule has 0 saturated carbocycles. The molecular weight excluding hydrogens is 270 g/mol. The number of likely N-dealkylation sites (tertiary alicyclic amines) is 1. The second-order valence-corrected chi connectivity index (χ2v) is 5.38. The van der Waals surface area contributed by atoms with Gasteiger partial charge in [-0.3, -0.25) is 14.4 Å². The molecule has 0 radical (unpaired) electrons. The average Bonchev–Trinajstić information content (AvgIpc) is 2.51. The van der Waals surface area contributed by atoms with Gasteiger partial charge in [0.1, 0.15) is 11.6 Å². The Hall–Kier alpha value is -2.11. The quantitative estimate of drug-likeness (QED) is 0.859. The van der Waals surface area contributed by atoms with Gasteiger partial charge in [-0.1, -0.05) is 0 Å². The van der Waals surface area contributed by atoms with Gasteiger partial charge < -0.3 is 14.8 Å². The SMILES string of the molecule is CNC(=O)[C@H]1CCCCN1C(=O)c1ccc(C)n(C)c1=O. The Morgan fingerprint density at radius 2 is 2.00 bits per heavy atom. The van der Waals surface area contributed by atoms with Gasteiger partial charge in [-0.25, -0.2) is 0 Å². The Kier molecular flexibility index (Phi) is 4.45. The van der Waals surface area contributed by atoms with E-state index in [4.69, 9.17) is 0 Å². The molecule has 2 heterocycles. The Balaban J connectivity index is 2.36. The average molecular weight is 291 g/mol. The van der Waals surface area contributed by atoms with Gasteiger partial charge >= 0.3 is 0 Å². The zero-order valence-electron chi connectivity index (χ0n) is 12.7. The highest BCUT2D eigenvalue weighted by Gasteiger charge is 2.33. The first-order chi connectivity index (χ1) is 9.97. The molecule has 0 bridgehead atoms. The number of carbonyl (C=O) groups is 2. The number of pyridine rings is 1. The standard InChI is InChI=1S/C15H21N3O3/c1-10-7-8-11(14(20)17(10)3)15(21)18-9-5-4-6-12(18)13(19)16-2/h7-8,12H,4-6,9H2,1-3H3,(H,16,19)/t12-/m1/s1. The highest BCUT2D eigenvalue weighted by molar-refractivity contribution is 5.97. The van der Waals surface area contributed by atoms with E-state index in [-0.39, 0.29) is 22.9 Å². The second kappa shape index (κ2) is 6.11. The van der Waals surface area contributed by atoms with E-state index in [1.165, 1.54) is 9.47 Å². The Morgan fingerprint density at radius 3 is 2.67 bits per heavy atom. The molecule has 6 heteroatoms.